The maximum absolute atomic E-state index is 13.4. The Morgan fingerprint density at radius 3 is 2.17 bits per heavy atom. The average molecular weight is 310 g/mol. The first-order chi connectivity index (χ1) is 11.0. The van der Waals surface area contributed by atoms with Crippen LogP contribution in [0.25, 0.3) is 0 Å². The maximum atomic E-state index is 13.4. The van der Waals surface area contributed by atoms with Gasteiger partial charge in [0, 0.05) is 30.9 Å². The summed E-state index contributed by atoms with van der Waals surface area (Å²) in [6.07, 6.45) is 0. The van der Waals surface area contributed by atoms with Gasteiger partial charge in [0.15, 0.2) is 0 Å². The summed E-state index contributed by atoms with van der Waals surface area (Å²) < 4.78 is 13.4. The number of hydrogen-bond acceptors (Lipinski definition) is 4. The van der Waals surface area contributed by atoms with E-state index in [2.05, 4.69) is 5.32 Å². The number of allylic oxidation sites excluding steroid dienone is 2. The van der Waals surface area contributed by atoms with E-state index in [1.54, 1.807) is 49.3 Å². The molecular formula is C18H15FN2O2. The van der Waals surface area contributed by atoms with E-state index in [4.69, 9.17) is 0 Å². The van der Waals surface area contributed by atoms with E-state index in [0.29, 0.717) is 16.8 Å². The summed E-state index contributed by atoms with van der Waals surface area (Å²) in [4.78, 5) is 27.1. The molecule has 0 fully saturated rings. The van der Waals surface area contributed by atoms with Gasteiger partial charge in [-0.1, -0.05) is 30.3 Å². The summed E-state index contributed by atoms with van der Waals surface area (Å²) >= 11 is 0. The lowest BCUT2D eigenvalue weighted by atomic mass is 9.89. The third-order valence-electron chi connectivity index (χ3n) is 3.64. The van der Waals surface area contributed by atoms with Crippen LogP contribution in [0.4, 0.5) is 10.1 Å². The van der Waals surface area contributed by atoms with Crippen molar-refractivity contribution in [2.45, 2.75) is 0 Å². The molecule has 0 aromatic heterocycles. The molecule has 0 radical (unpaired) electrons. The Bertz CT molecular complexity index is 840. The fraction of sp³-hybridized carbons (Fsp3) is 0.111. The van der Waals surface area contributed by atoms with Crippen LogP contribution < -0.4 is 5.32 Å². The lowest BCUT2D eigenvalue weighted by molar-refractivity contribution is 0.0953. The molecule has 1 aliphatic carbocycles. The highest BCUT2D eigenvalue weighted by atomic mass is 19.1. The minimum Gasteiger partial charge on any atom is -0.373 e. The monoisotopic (exact) mass is 310 g/mol. The molecule has 1 N–H and O–H groups in total. The molecule has 23 heavy (non-hydrogen) atoms. The van der Waals surface area contributed by atoms with Gasteiger partial charge in [-0.05, 0) is 18.2 Å². The summed E-state index contributed by atoms with van der Waals surface area (Å²) in [7, 11) is 3.39. The minimum atomic E-state index is -0.419. The number of rotatable bonds is 3. The van der Waals surface area contributed by atoms with Crippen molar-refractivity contribution in [3.63, 3.8) is 0 Å². The number of likely N-dealkylation sites (N-methyl/N-ethyl adjacent to an activating group) is 1. The molecule has 0 atom stereocenters. The Morgan fingerprint density at radius 2 is 1.57 bits per heavy atom. The number of fused-ring (bicyclic) bond motifs is 1. The topological polar surface area (TPSA) is 49.4 Å². The van der Waals surface area contributed by atoms with Crippen LogP contribution >= 0.6 is 0 Å². The SMILES string of the molecule is CN(C)C1=C(Nc2cccc(F)c2)C(=O)c2ccccc2C1=O. The van der Waals surface area contributed by atoms with Crippen molar-refractivity contribution in [1.29, 1.82) is 0 Å². The van der Waals surface area contributed by atoms with E-state index >= 15 is 0 Å². The van der Waals surface area contributed by atoms with E-state index < -0.39 is 5.82 Å². The van der Waals surface area contributed by atoms with Crippen LogP contribution in [0.2, 0.25) is 0 Å². The number of carbonyl (C=O) groups is 2. The van der Waals surface area contributed by atoms with Gasteiger partial charge in [-0.25, -0.2) is 4.39 Å². The van der Waals surface area contributed by atoms with Gasteiger partial charge in [0.25, 0.3) is 0 Å². The Kier molecular flexibility index (Phi) is 3.70. The first kappa shape index (κ1) is 15.0. The fourth-order valence-corrected chi connectivity index (χ4v) is 2.62. The number of benzene rings is 2. The van der Waals surface area contributed by atoms with Crippen LogP contribution in [0, 0.1) is 5.82 Å². The van der Waals surface area contributed by atoms with Crippen LogP contribution in [0.3, 0.4) is 0 Å². The quantitative estimate of drug-likeness (QED) is 0.946. The van der Waals surface area contributed by atoms with Crippen LogP contribution in [0.15, 0.2) is 59.9 Å². The summed E-state index contributed by atoms with van der Waals surface area (Å²) in [5.41, 5.74) is 1.56. The minimum absolute atomic E-state index is 0.157. The number of nitrogens with one attached hydrogen (secondary N) is 1. The normalized spacial score (nSPS) is 13.9. The first-order valence-electron chi connectivity index (χ1n) is 7.11. The highest BCUT2D eigenvalue weighted by molar-refractivity contribution is 6.27. The Labute approximate surface area is 133 Å². The number of nitrogens with zero attached hydrogens (tertiary/aromatic N) is 1. The second kappa shape index (κ2) is 5.68. The van der Waals surface area contributed by atoms with Crippen molar-refractivity contribution >= 4 is 17.3 Å². The molecule has 0 spiro atoms. The highest BCUT2D eigenvalue weighted by Crippen LogP contribution is 2.28. The van der Waals surface area contributed by atoms with E-state index in [9.17, 15) is 14.0 Å². The standard InChI is InChI=1S/C18H15FN2O2/c1-21(2)16-15(20-12-7-5-6-11(19)10-12)17(22)13-8-3-4-9-14(13)18(16)23/h3-10,20H,1-2H3. The van der Waals surface area contributed by atoms with Crippen molar-refractivity contribution in [3.8, 4) is 0 Å². The molecule has 0 amide bonds. The number of carbonyl (C=O) groups excluding carboxylic acids is 2. The zero-order valence-electron chi connectivity index (χ0n) is 12.8. The molecule has 2 aromatic rings. The Balaban J connectivity index is 2.13. The van der Waals surface area contributed by atoms with Crippen LogP contribution in [0.1, 0.15) is 20.7 Å². The van der Waals surface area contributed by atoms with Crippen molar-refractivity contribution in [2.24, 2.45) is 0 Å². The third kappa shape index (κ3) is 2.61. The number of halogens is 1. The van der Waals surface area contributed by atoms with E-state index in [1.807, 2.05) is 0 Å². The lowest BCUT2D eigenvalue weighted by Gasteiger charge is -2.26. The summed E-state index contributed by atoms with van der Waals surface area (Å²) in [6.45, 7) is 0. The first-order valence-corrected chi connectivity index (χ1v) is 7.11. The molecule has 0 heterocycles. The Morgan fingerprint density at radius 1 is 0.913 bits per heavy atom. The van der Waals surface area contributed by atoms with E-state index in [0.717, 1.165) is 0 Å². The van der Waals surface area contributed by atoms with Crippen LogP contribution in [-0.2, 0) is 0 Å². The molecule has 116 valence electrons. The molecule has 2 aromatic carbocycles. The number of hydrogen-bond donors (Lipinski definition) is 1. The van der Waals surface area contributed by atoms with Crippen molar-refractivity contribution < 1.29 is 14.0 Å². The van der Waals surface area contributed by atoms with Gasteiger partial charge in [0.05, 0.1) is 0 Å². The molecule has 4 nitrogen and oxygen atoms in total. The smallest absolute Gasteiger partial charge is 0.212 e. The molecule has 0 saturated carbocycles. The van der Waals surface area contributed by atoms with E-state index in [-0.39, 0.29) is 23.0 Å². The molecule has 0 unspecified atom stereocenters. The zero-order valence-corrected chi connectivity index (χ0v) is 12.8. The largest absolute Gasteiger partial charge is 0.373 e. The van der Waals surface area contributed by atoms with Gasteiger partial charge >= 0.3 is 0 Å². The van der Waals surface area contributed by atoms with Crippen molar-refractivity contribution in [3.05, 3.63) is 76.9 Å². The number of ketones is 2. The molecule has 1 aliphatic rings. The summed E-state index contributed by atoms with van der Waals surface area (Å²) in [5.74, 6) is -0.936. The summed E-state index contributed by atoms with van der Waals surface area (Å²) in [6, 6.07) is 12.5. The molecule has 0 bridgehead atoms. The Hall–Kier alpha value is -2.95. The molecule has 0 aliphatic heterocycles. The van der Waals surface area contributed by atoms with Crippen molar-refractivity contribution in [1.82, 2.24) is 4.90 Å². The lowest BCUT2D eigenvalue weighted by Crippen LogP contribution is -2.32. The predicted octanol–water partition coefficient (Wildman–Crippen LogP) is 3.09. The molecular weight excluding hydrogens is 295 g/mol. The maximum Gasteiger partial charge on any atom is 0.212 e. The van der Waals surface area contributed by atoms with Crippen molar-refractivity contribution in [2.75, 3.05) is 19.4 Å². The van der Waals surface area contributed by atoms with Crippen LogP contribution in [-0.4, -0.2) is 30.6 Å². The fourth-order valence-electron chi connectivity index (χ4n) is 2.62. The average Bonchev–Trinajstić information content (AvgIpc) is 2.52. The number of Topliss-reactive ketones (excluding diaryl/α,β-unsaturated/α-hetero) is 2. The van der Waals surface area contributed by atoms with E-state index in [1.165, 1.54) is 18.2 Å². The number of anilines is 1. The van der Waals surface area contributed by atoms with Gasteiger partial charge in [-0.15, -0.1) is 0 Å². The van der Waals surface area contributed by atoms with Gasteiger partial charge < -0.3 is 10.2 Å². The van der Waals surface area contributed by atoms with Gasteiger partial charge in [0.1, 0.15) is 17.2 Å². The second-order valence-electron chi connectivity index (χ2n) is 5.46. The highest BCUT2D eigenvalue weighted by Gasteiger charge is 2.33. The molecule has 3 rings (SSSR count). The molecule has 0 saturated heterocycles. The predicted molar refractivity (Wildman–Crippen MR) is 85.8 cm³/mol. The molecule has 5 heteroatoms. The van der Waals surface area contributed by atoms with Gasteiger partial charge in [-0.3, -0.25) is 9.59 Å². The zero-order chi connectivity index (χ0) is 16.6. The van der Waals surface area contributed by atoms with Gasteiger partial charge in [-0.2, -0.15) is 0 Å². The second-order valence-corrected chi connectivity index (χ2v) is 5.46. The van der Waals surface area contributed by atoms with Gasteiger partial charge in [0.2, 0.25) is 11.6 Å². The summed E-state index contributed by atoms with van der Waals surface area (Å²) in [5, 5.41) is 2.90. The van der Waals surface area contributed by atoms with Crippen LogP contribution in [0.5, 0.6) is 0 Å². The third-order valence-corrected chi connectivity index (χ3v) is 3.64.